The molecular formula is C15H25NO2S. The lowest BCUT2D eigenvalue weighted by Crippen LogP contribution is -2.25. The Bertz CT molecular complexity index is 528. The Morgan fingerprint density at radius 3 is 2.26 bits per heavy atom. The molecule has 0 aromatic heterocycles. The van der Waals surface area contributed by atoms with E-state index < -0.39 is 10.0 Å². The van der Waals surface area contributed by atoms with Crippen LogP contribution in [0, 0.1) is 19.3 Å². The molecule has 0 saturated heterocycles. The first-order valence-corrected chi connectivity index (χ1v) is 8.17. The molecule has 4 heteroatoms. The molecule has 0 bridgehead atoms. The van der Waals surface area contributed by atoms with Crippen LogP contribution in [0.2, 0.25) is 0 Å². The van der Waals surface area contributed by atoms with Gasteiger partial charge in [0.05, 0.1) is 4.90 Å². The largest absolute Gasteiger partial charge is 0.240 e. The third-order valence-corrected chi connectivity index (χ3v) is 4.64. The van der Waals surface area contributed by atoms with Crippen molar-refractivity contribution in [2.24, 2.45) is 5.41 Å². The smallest absolute Gasteiger partial charge is 0.211 e. The molecule has 0 radical (unpaired) electrons. The number of hydrogen-bond acceptors (Lipinski definition) is 2. The average Bonchev–Trinajstić information content (AvgIpc) is 2.27. The Hall–Kier alpha value is -0.870. The van der Waals surface area contributed by atoms with Crippen molar-refractivity contribution in [1.29, 1.82) is 0 Å². The van der Waals surface area contributed by atoms with Gasteiger partial charge in [0.1, 0.15) is 0 Å². The maximum Gasteiger partial charge on any atom is 0.240 e. The third kappa shape index (κ3) is 5.33. The van der Waals surface area contributed by atoms with Crippen LogP contribution in [-0.2, 0) is 10.0 Å². The topological polar surface area (TPSA) is 46.2 Å². The number of aryl methyl sites for hydroxylation is 2. The monoisotopic (exact) mass is 283 g/mol. The van der Waals surface area contributed by atoms with Crippen molar-refractivity contribution in [3.05, 3.63) is 29.3 Å². The van der Waals surface area contributed by atoms with E-state index in [0.717, 1.165) is 24.0 Å². The summed E-state index contributed by atoms with van der Waals surface area (Å²) in [5.41, 5.74) is 2.34. The van der Waals surface area contributed by atoms with Crippen molar-refractivity contribution in [2.75, 3.05) is 6.54 Å². The molecule has 1 rings (SSSR count). The van der Waals surface area contributed by atoms with E-state index in [0.29, 0.717) is 11.4 Å². The predicted octanol–water partition coefficient (Wildman–Crippen LogP) is 3.41. The quantitative estimate of drug-likeness (QED) is 0.842. The number of hydrogen-bond donors (Lipinski definition) is 1. The van der Waals surface area contributed by atoms with Gasteiger partial charge >= 0.3 is 0 Å². The van der Waals surface area contributed by atoms with Gasteiger partial charge in [-0.15, -0.1) is 0 Å². The highest BCUT2D eigenvalue weighted by atomic mass is 32.2. The Kier molecular flexibility index (Phi) is 5.16. The molecule has 0 unspecified atom stereocenters. The van der Waals surface area contributed by atoms with Crippen LogP contribution in [0.3, 0.4) is 0 Å². The van der Waals surface area contributed by atoms with Crippen LogP contribution >= 0.6 is 0 Å². The van der Waals surface area contributed by atoms with Crippen molar-refractivity contribution in [3.63, 3.8) is 0 Å². The van der Waals surface area contributed by atoms with E-state index in [4.69, 9.17) is 0 Å². The van der Waals surface area contributed by atoms with E-state index in [1.54, 1.807) is 12.1 Å². The van der Waals surface area contributed by atoms with Gasteiger partial charge in [-0.3, -0.25) is 0 Å². The zero-order valence-corrected chi connectivity index (χ0v) is 13.4. The Balaban J connectivity index is 2.63. The molecule has 0 fully saturated rings. The number of benzene rings is 1. The molecule has 19 heavy (non-hydrogen) atoms. The molecule has 0 saturated carbocycles. The summed E-state index contributed by atoms with van der Waals surface area (Å²) in [6, 6.07) is 5.23. The molecule has 1 aromatic carbocycles. The van der Waals surface area contributed by atoms with Gasteiger partial charge in [-0.2, -0.15) is 0 Å². The summed E-state index contributed by atoms with van der Waals surface area (Å²) < 4.78 is 26.9. The SMILES string of the molecule is Cc1ccc(S(=O)(=O)NCCCC(C)(C)C)cc1C. The fourth-order valence-corrected chi connectivity index (χ4v) is 2.95. The van der Waals surface area contributed by atoms with Gasteiger partial charge in [-0.05, 0) is 55.4 Å². The molecule has 0 spiro atoms. The first-order valence-electron chi connectivity index (χ1n) is 6.69. The van der Waals surface area contributed by atoms with Crippen LogP contribution in [0.1, 0.15) is 44.7 Å². The maximum atomic E-state index is 12.1. The predicted molar refractivity (Wildman–Crippen MR) is 79.8 cm³/mol. The van der Waals surface area contributed by atoms with E-state index in [-0.39, 0.29) is 5.41 Å². The average molecular weight is 283 g/mol. The summed E-state index contributed by atoms with van der Waals surface area (Å²) in [5, 5.41) is 0. The van der Waals surface area contributed by atoms with Gasteiger partial charge in [0.15, 0.2) is 0 Å². The van der Waals surface area contributed by atoms with Crippen LogP contribution in [0.25, 0.3) is 0 Å². The highest BCUT2D eigenvalue weighted by Crippen LogP contribution is 2.20. The Morgan fingerprint density at radius 1 is 1.11 bits per heavy atom. The molecule has 0 atom stereocenters. The molecule has 1 aromatic rings. The number of sulfonamides is 1. The second-order valence-electron chi connectivity index (χ2n) is 6.31. The summed E-state index contributed by atoms with van der Waals surface area (Å²) in [7, 11) is -3.37. The summed E-state index contributed by atoms with van der Waals surface area (Å²) in [4.78, 5) is 0.353. The number of nitrogens with one attached hydrogen (secondary N) is 1. The summed E-state index contributed by atoms with van der Waals surface area (Å²) in [6.45, 7) is 10.9. The highest BCUT2D eigenvalue weighted by Gasteiger charge is 2.15. The molecule has 0 aliphatic carbocycles. The van der Waals surface area contributed by atoms with Gasteiger partial charge in [-0.1, -0.05) is 26.8 Å². The second-order valence-corrected chi connectivity index (χ2v) is 8.08. The van der Waals surface area contributed by atoms with E-state index in [1.165, 1.54) is 0 Å². The van der Waals surface area contributed by atoms with Crippen molar-refractivity contribution in [3.8, 4) is 0 Å². The molecule has 108 valence electrons. The normalized spacial score (nSPS) is 12.7. The standard InChI is InChI=1S/C15H25NO2S/c1-12-7-8-14(11-13(12)2)19(17,18)16-10-6-9-15(3,4)5/h7-8,11,16H,6,9-10H2,1-5H3. The zero-order valence-electron chi connectivity index (χ0n) is 12.6. The molecule has 0 aliphatic heterocycles. The maximum absolute atomic E-state index is 12.1. The first-order chi connectivity index (χ1) is 8.62. The molecule has 0 heterocycles. The minimum atomic E-state index is -3.37. The van der Waals surface area contributed by atoms with Crippen LogP contribution in [0.5, 0.6) is 0 Å². The van der Waals surface area contributed by atoms with Gasteiger partial charge in [0.2, 0.25) is 10.0 Å². The van der Waals surface area contributed by atoms with Crippen molar-refractivity contribution in [2.45, 2.75) is 52.4 Å². The van der Waals surface area contributed by atoms with E-state index >= 15 is 0 Å². The molecule has 0 amide bonds. The highest BCUT2D eigenvalue weighted by molar-refractivity contribution is 7.89. The second kappa shape index (κ2) is 6.06. The van der Waals surface area contributed by atoms with Crippen LogP contribution in [-0.4, -0.2) is 15.0 Å². The lowest BCUT2D eigenvalue weighted by atomic mass is 9.91. The number of rotatable bonds is 5. The zero-order chi connectivity index (χ0) is 14.7. The van der Waals surface area contributed by atoms with E-state index in [9.17, 15) is 8.42 Å². The molecule has 1 N–H and O–H groups in total. The fraction of sp³-hybridized carbons (Fsp3) is 0.600. The Labute approximate surface area is 117 Å². The minimum Gasteiger partial charge on any atom is -0.211 e. The fourth-order valence-electron chi connectivity index (χ4n) is 1.79. The van der Waals surface area contributed by atoms with Crippen molar-refractivity contribution < 1.29 is 8.42 Å². The van der Waals surface area contributed by atoms with Crippen molar-refractivity contribution in [1.82, 2.24) is 4.72 Å². The molecular weight excluding hydrogens is 258 g/mol. The first kappa shape index (κ1) is 16.2. The van der Waals surface area contributed by atoms with Gasteiger partial charge in [0.25, 0.3) is 0 Å². The Morgan fingerprint density at radius 2 is 1.74 bits per heavy atom. The summed E-state index contributed by atoms with van der Waals surface area (Å²) >= 11 is 0. The summed E-state index contributed by atoms with van der Waals surface area (Å²) in [6.07, 6.45) is 1.86. The van der Waals surface area contributed by atoms with Gasteiger partial charge in [-0.25, -0.2) is 13.1 Å². The van der Waals surface area contributed by atoms with Gasteiger partial charge < -0.3 is 0 Å². The van der Waals surface area contributed by atoms with Crippen LogP contribution in [0.4, 0.5) is 0 Å². The van der Waals surface area contributed by atoms with E-state index in [1.807, 2.05) is 19.9 Å². The molecule has 0 aliphatic rings. The van der Waals surface area contributed by atoms with E-state index in [2.05, 4.69) is 25.5 Å². The lowest BCUT2D eigenvalue weighted by molar-refractivity contribution is 0.365. The van der Waals surface area contributed by atoms with Crippen LogP contribution in [0.15, 0.2) is 23.1 Å². The molecule has 3 nitrogen and oxygen atoms in total. The van der Waals surface area contributed by atoms with Crippen LogP contribution < -0.4 is 4.72 Å². The minimum absolute atomic E-state index is 0.242. The van der Waals surface area contributed by atoms with Gasteiger partial charge in [0, 0.05) is 6.54 Å². The van der Waals surface area contributed by atoms with Crippen molar-refractivity contribution >= 4 is 10.0 Å². The third-order valence-electron chi connectivity index (χ3n) is 3.18. The lowest BCUT2D eigenvalue weighted by Gasteiger charge is -2.17. The summed E-state index contributed by atoms with van der Waals surface area (Å²) in [5.74, 6) is 0.